The van der Waals surface area contributed by atoms with Gasteiger partial charge >= 0.3 is 0 Å². The van der Waals surface area contributed by atoms with Crippen molar-refractivity contribution in [2.45, 2.75) is 38.5 Å². The van der Waals surface area contributed by atoms with Crippen LogP contribution in [0.4, 0.5) is 11.4 Å². The van der Waals surface area contributed by atoms with Crippen LogP contribution in [0.15, 0.2) is 84.6 Å². The first-order valence-corrected chi connectivity index (χ1v) is 13.4. The van der Waals surface area contributed by atoms with Crippen LogP contribution in [0.25, 0.3) is 0 Å². The van der Waals surface area contributed by atoms with Gasteiger partial charge in [0.1, 0.15) is 7.05 Å². The molecule has 2 aliphatic heterocycles. The number of nitrogens with zero attached hydrogens (tertiary/aromatic N) is 2. The Morgan fingerprint density at radius 3 is 2.12 bits per heavy atom. The monoisotopic (exact) mass is 661 g/mol. The molecule has 2 aromatic rings. The second-order valence-electron chi connectivity index (χ2n) is 9.76. The molecule has 0 N–H and O–H groups in total. The van der Waals surface area contributed by atoms with E-state index in [-0.39, 0.29) is 10.8 Å². The summed E-state index contributed by atoms with van der Waals surface area (Å²) in [5.74, 6) is 0. The lowest BCUT2D eigenvalue weighted by atomic mass is 9.81. The third-order valence-electron chi connectivity index (χ3n) is 6.94. The van der Waals surface area contributed by atoms with Crippen molar-refractivity contribution in [3.8, 4) is 0 Å². The zero-order valence-electron chi connectivity index (χ0n) is 20.2. The molecule has 4 rings (SSSR count). The van der Waals surface area contributed by atoms with E-state index in [1.54, 1.807) is 0 Å². The zero-order valence-corrected chi connectivity index (χ0v) is 24.5. The van der Waals surface area contributed by atoms with Gasteiger partial charge in [0.15, 0.2) is 5.71 Å². The Balaban J connectivity index is 1.47. The number of halogens is 2. The number of anilines is 1. The molecule has 0 saturated carbocycles. The average molecular weight is 661 g/mol. The fourth-order valence-corrected chi connectivity index (χ4v) is 6.09. The highest BCUT2D eigenvalue weighted by atomic mass is 127. The molecule has 0 fully saturated rings. The number of fused-ring (bicyclic) bond motifs is 2. The molecule has 2 nitrogen and oxygen atoms in total. The quantitative estimate of drug-likeness (QED) is 0.184. The van der Waals surface area contributed by atoms with E-state index < -0.39 is 0 Å². The lowest BCUT2D eigenvalue weighted by Crippen LogP contribution is -2.26. The molecule has 2 aromatic carbocycles. The summed E-state index contributed by atoms with van der Waals surface area (Å²) in [5.41, 5.74) is 8.03. The predicted molar refractivity (Wildman–Crippen MR) is 159 cm³/mol. The van der Waals surface area contributed by atoms with Gasteiger partial charge in [-0.1, -0.05) is 44.2 Å². The first-order chi connectivity index (χ1) is 15.5. The van der Waals surface area contributed by atoms with Gasteiger partial charge in [-0.2, -0.15) is 4.58 Å². The summed E-state index contributed by atoms with van der Waals surface area (Å²) in [7, 11) is 4.32. The minimum atomic E-state index is 0.00131. The maximum atomic E-state index is 2.40. The summed E-state index contributed by atoms with van der Waals surface area (Å²) in [6.07, 6.45) is 15.1. The fraction of sp³-hybridized carbons (Fsp3) is 0.276. The number of hydrogen-bond acceptors (Lipinski definition) is 1. The van der Waals surface area contributed by atoms with E-state index in [0.29, 0.717) is 0 Å². The van der Waals surface area contributed by atoms with Crippen molar-refractivity contribution in [1.82, 2.24) is 0 Å². The van der Waals surface area contributed by atoms with Gasteiger partial charge in [-0.05, 0) is 101 Å². The van der Waals surface area contributed by atoms with Crippen molar-refractivity contribution >= 4 is 62.3 Å². The van der Waals surface area contributed by atoms with Crippen LogP contribution in [0.1, 0.15) is 38.8 Å². The molecule has 170 valence electrons. The van der Waals surface area contributed by atoms with Crippen molar-refractivity contribution < 1.29 is 4.58 Å². The first-order valence-electron chi connectivity index (χ1n) is 11.2. The topological polar surface area (TPSA) is 6.25 Å². The molecule has 0 amide bonds. The number of hydrogen-bond donors (Lipinski definition) is 0. The molecule has 4 heteroatoms. The molecule has 2 aliphatic rings. The SMILES string of the molecule is CN1C(=CC=CC=CC=CC2=[N+](C)c3ccc(I)cc3C2(C)C)C(C)(C)c2cc(I)ccc21. The van der Waals surface area contributed by atoms with Gasteiger partial charge in [0.2, 0.25) is 5.69 Å². The van der Waals surface area contributed by atoms with Gasteiger partial charge in [-0.15, -0.1) is 0 Å². The molecule has 0 spiro atoms. The van der Waals surface area contributed by atoms with E-state index in [1.165, 1.54) is 41.1 Å². The van der Waals surface area contributed by atoms with Crippen molar-refractivity contribution in [2.75, 3.05) is 19.0 Å². The largest absolute Gasteiger partial charge is 0.347 e. The van der Waals surface area contributed by atoms with Gasteiger partial charge in [0, 0.05) is 48.7 Å². The van der Waals surface area contributed by atoms with E-state index in [0.717, 1.165) is 0 Å². The smallest absolute Gasteiger partial charge is 0.209 e. The number of rotatable bonds is 4. The molecule has 0 aromatic heterocycles. The number of likely N-dealkylation sites (N-methyl/N-ethyl adjacent to an activating group) is 1. The molecular formula is C29H31I2N2+. The van der Waals surface area contributed by atoms with Gasteiger partial charge in [0.05, 0.1) is 5.41 Å². The maximum absolute atomic E-state index is 2.40. The summed E-state index contributed by atoms with van der Waals surface area (Å²) in [6, 6.07) is 13.4. The Kier molecular flexibility index (Phi) is 6.80. The minimum absolute atomic E-state index is 0.00131. The summed E-state index contributed by atoms with van der Waals surface area (Å²) >= 11 is 4.80. The Labute approximate surface area is 225 Å². The highest BCUT2D eigenvalue weighted by Crippen LogP contribution is 2.47. The second-order valence-corrected chi connectivity index (χ2v) is 12.2. The van der Waals surface area contributed by atoms with Crippen molar-refractivity contribution in [2.24, 2.45) is 0 Å². The average Bonchev–Trinajstić information content (AvgIpc) is 3.06. The number of allylic oxidation sites excluding steroid dienone is 8. The Hall–Kier alpha value is -1.67. The van der Waals surface area contributed by atoms with Crippen LogP contribution in [0, 0.1) is 7.14 Å². The predicted octanol–water partition coefficient (Wildman–Crippen LogP) is 7.88. The van der Waals surface area contributed by atoms with Gasteiger partial charge < -0.3 is 4.90 Å². The van der Waals surface area contributed by atoms with Crippen LogP contribution >= 0.6 is 45.2 Å². The van der Waals surface area contributed by atoms with E-state index in [2.05, 4.69) is 175 Å². The van der Waals surface area contributed by atoms with Crippen molar-refractivity contribution in [3.05, 3.63) is 103 Å². The molecule has 0 radical (unpaired) electrons. The summed E-state index contributed by atoms with van der Waals surface area (Å²) < 4.78 is 4.88. The van der Waals surface area contributed by atoms with E-state index >= 15 is 0 Å². The summed E-state index contributed by atoms with van der Waals surface area (Å²) in [6.45, 7) is 9.22. The molecule has 2 heterocycles. The summed E-state index contributed by atoms with van der Waals surface area (Å²) in [5, 5.41) is 0. The standard InChI is InChI=1S/C29H31I2N2/c1-28(2)22-18-20(30)14-16-24(22)32(5)26(28)12-10-8-7-9-11-13-27-29(3,4)23-19-21(31)15-17-25(23)33(27)6/h7-19H,1-6H3/q+1. The third-order valence-corrected chi connectivity index (χ3v) is 8.28. The van der Waals surface area contributed by atoms with Gasteiger partial charge in [0.25, 0.3) is 0 Å². The van der Waals surface area contributed by atoms with Crippen LogP contribution < -0.4 is 4.90 Å². The second kappa shape index (κ2) is 9.17. The minimum Gasteiger partial charge on any atom is -0.347 e. The highest BCUT2D eigenvalue weighted by molar-refractivity contribution is 14.1. The van der Waals surface area contributed by atoms with E-state index in [9.17, 15) is 0 Å². The van der Waals surface area contributed by atoms with Gasteiger partial charge in [-0.3, -0.25) is 0 Å². The molecule has 0 unspecified atom stereocenters. The molecular weight excluding hydrogens is 630 g/mol. The zero-order chi connectivity index (χ0) is 24.0. The fourth-order valence-electron chi connectivity index (χ4n) is 5.10. The lowest BCUT2D eigenvalue weighted by Gasteiger charge is -2.23. The lowest BCUT2D eigenvalue weighted by molar-refractivity contribution is -0.401. The van der Waals surface area contributed by atoms with Gasteiger partial charge in [-0.25, -0.2) is 0 Å². The maximum Gasteiger partial charge on any atom is 0.209 e. The van der Waals surface area contributed by atoms with Crippen LogP contribution in [0.5, 0.6) is 0 Å². The summed E-state index contributed by atoms with van der Waals surface area (Å²) in [4.78, 5) is 2.31. The third kappa shape index (κ3) is 4.41. The Morgan fingerprint density at radius 2 is 1.39 bits per heavy atom. The Bertz CT molecular complexity index is 1260. The molecule has 0 bridgehead atoms. The van der Waals surface area contributed by atoms with Crippen LogP contribution in [-0.2, 0) is 10.8 Å². The first kappa shape index (κ1) is 24.5. The van der Waals surface area contributed by atoms with Crippen LogP contribution in [0.3, 0.4) is 0 Å². The van der Waals surface area contributed by atoms with E-state index in [4.69, 9.17) is 0 Å². The van der Waals surface area contributed by atoms with Crippen molar-refractivity contribution in [1.29, 1.82) is 0 Å². The van der Waals surface area contributed by atoms with Crippen LogP contribution in [-0.4, -0.2) is 24.4 Å². The molecule has 0 saturated heterocycles. The normalized spacial score (nSPS) is 20.1. The molecule has 0 aliphatic carbocycles. The molecule has 0 atom stereocenters. The van der Waals surface area contributed by atoms with E-state index in [1.807, 2.05) is 0 Å². The van der Waals surface area contributed by atoms with Crippen molar-refractivity contribution in [3.63, 3.8) is 0 Å². The van der Waals surface area contributed by atoms with Crippen LogP contribution in [0.2, 0.25) is 0 Å². The number of benzene rings is 2. The highest BCUT2D eigenvalue weighted by Gasteiger charge is 2.42. The molecule has 33 heavy (non-hydrogen) atoms. The Morgan fingerprint density at radius 1 is 0.788 bits per heavy atom.